The van der Waals surface area contributed by atoms with Crippen LogP contribution in [0.1, 0.15) is 19.8 Å². The highest BCUT2D eigenvalue weighted by Crippen LogP contribution is 2.36. The summed E-state index contributed by atoms with van der Waals surface area (Å²) in [7, 11) is 5.34. The second kappa shape index (κ2) is 7.21. The first-order valence-electron chi connectivity index (χ1n) is 8.47. The molecule has 1 aromatic carbocycles. The van der Waals surface area contributed by atoms with Crippen molar-refractivity contribution >= 4 is 16.6 Å². The molecular formula is C18H26N4O2. The molecule has 6 nitrogen and oxygen atoms in total. The molecule has 2 aromatic rings. The SMILES string of the molecule is CNC(C)C1CCN(c2nncc3cc(OC)c(OC)cc23)CC1. The zero-order chi connectivity index (χ0) is 17.1. The largest absolute Gasteiger partial charge is 0.493 e. The summed E-state index contributed by atoms with van der Waals surface area (Å²) in [6.45, 7) is 4.26. The van der Waals surface area contributed by atoms with Crippen LogP contribution in [0.5, 0.6) is 11.5 Å². The van der Waals surface area contributed by atoms with Gasteiger partial charge >= 0.3 is 0 Å². The molecule has 3 rings (SSSR count). The van der Waals surface area contributed by atoms with Gasteiger partial charge in [0.25, 0.3) is 0 Å². The number of nitrogens with zero attached hydrogens (tertiary/aromatic N) is 3. The summed E-state index contributed by atoms with van der Waals surface area (Å²) in [4.78, 5) is 2.33. The number of piperidine rings is 1. The summed E-state index contributed by atoms with van der Waals surface area (Å²) >= 11 is 0. The number of benzene rings is 1. The molecule has 0 aliphatic carbocycles. The van der Waals surface area contributed by atoms with Gasteiger partial charge in [-0.05, 0) is 44.9 Å². The lowest BCUT2D eigenvalue weighted by Gasteiger charge is -2.35. The lowest BCUT2D eigenvalue weighted by atomic mass is 9.90. The highest BCUT2D eigenvalue weighted by Gasteiger charge is 2.25. The number of fused-ring (bicyclic) bond motifs is 1. The number of nitrogens with one attached hydrogen (secondary N) is 1. The van der Waals surface area contributed by atoms with Crippen LogP contribution in [0.4, 0.5) is 5.82 Å². The number of ether oxygens (including phenoxy) is 2. The van der Waals surface area contributed by atoms with Crippen LogP contribution in [0, 0.1) is 5.92 Å². The topological polar surface area (TPSA) is 59.5 Å². The van der Waals surface area contributed by atoms with Crippen LogP contribution < -0.4 is 19.7 Å². The molecule has 1 fully saturated rings. The Hall–Kier alpha value is -2.08. The van der Waals surface area contributed by atoms with Gasteiger partial charge in [0.2, 0.25) is 0 Å². The normalized spacial score (nSPS) is 17.1. The molecule has 0 spiro atoms. The maximum absolute atomic E-state index is 5.45. The third-order valence-electron chi connectivity index (χ3n) is 5.15. The average molecular weight is 330 g/mol. The molecule has 0 amide bonds. The number of rotatable bonds is 5. The van der Waals surface area contributed by atoms with Gasteiger partial charge in [0.1, 0.15) is 0 Å². The molecular weight excluding hydrogens is 304 g/mol. The number of aromatic nitrogens is 2. The maximum Gasteiger partial charge on any atom is 0.161 e. The molecule has 1 aromatic heterocycles. The van der Waals surface area contributed by atoms with Crippen molar-refractivity contribution in [3.05, 3.63) is 18.3 Å². The van der Waals surface area contributed by atoms with Crippen LogP contribution in [-0.2, 0) is 0 Å². The minimum atomic E-state index is 0.551. The molecule has 1 aliphatic rings. The van der Waals surface area contributed by atoms with Gasteiger partial charge in [0, 0.05) is 29.9 Å². The van der Waals surface area contributed by atoms with E-state index < -0.39 is 0 Å². The van der Waals surface area contributed by atoms with Crippen LogP contribution in [0.2, 0.25) is 0 Å². The Kier molecular flexibility index (Phi) is 5.04. The monoisotopic (exact) mass is 330 g/mol. The highest BCUT2D eigenvalue weighted by molar-refractivity contribution is 5.94. The van der Waals surface area contributed by atoms with E-state index in [9.17, 15) is 0 Å². The van der Waals surface area contributed by atoms with Gasteiger partial charge in [-0.2, -0.15) is 5.10 Å². The molecule has 0 radical (unpaired) electrons. The minimum Gasteiger partial charge on any atom is -0.493 e. The molecule has 1 unspecified atom stereocenters. The number of hydrogen-bond donors (Lipinski definition) is 1. The van der Waals surface area contributed by atoms with Crippen molar-refractivity contribution in [3.8, 4) is 11.5 Å². The van der Waals surface area contributed by atoms with Crippen LogP contribution in [-0.4, -0.2) is 50.6 Å². The fraction of sp³-hybridized carbons (Fsp3) is 0.556. The predicted octanol–water partition coefficient (Wildman–Crippen LogP) is 2.47. The maximum atomic E-state index is 5.45. The van der Waals surface area contributed by atoms with E-state index in [1.54, 1.807) is 20.4 Å². The molecule has 1 atom stereocenters. The molecule has 1 aliphatic heterocycles. The van der Waals surface area contributed by atoms with Gasteiger partial charge in [-0.25, -0.2) is 0 Å². The van der Waals surface area contributed by atoms with Crippen LogP contribution in [0.25, 0.3) is 10.8 Å². The van der Waals surface area contributed by atoms with Gasteiger partial charge < -0.3 is 19.7 Å². The second-order valence-electron chi connectivity index (χ2n) is 6.36. The highest BCUT2D eigenvalue weighted by atomic mass is 16.5. The van der Waals surface area contributed by atoms with E-state index in [1.807, 2.05) is 19.2 Å². The minimum absolute atomic E-state index is 0.551. The Morgan fingerprint density at radius 2 is 1.83 bits per heavy atom. The molecule has 2 heterocycles. The fourth-order valence-electron chi connectivity index (χ4n) is 3.48. The molecule has 24 heavy (non-hydrogen) atoms. The van der Waals surface area contributed by atoms with E-state index in [0.29, 0.717) is 17.7 Å². The molecule has 6 heteroatoms. The molecule has 1 N–H and O–H groups in total. The quantitative estimate of drug-likeness (QED) is 0.909. The lowest BCUT2D eigenvalue weighted by Crippen LogP contribution is -2.41. The van der Waals surface area contributed by atoms with E-state index in [0.717, 1.165) is 48.3 Å². The van der Waals surface area contributed by atoms with Gasteiger partial charge in [-0.1, -0.05) is 0 Å². The van der Waals surface area contributed by atoms with Crippen LogP contribution in [0.3, 0.4) is 0 Å². The third kappa shape index (κ3) is 3.11. The smallest absolute Gasteiger partial charge is 0.161 e. The van der Waals surface area contributed by atoms with Crippen LogP contribution in [0.15, 0.2) is 18.3 Å². The zero-order valence-electron chi connectivity index (χ0n) is 14.9. The first-order chi connectivity index (χ1) is 11.7. The van der Waals surface area contributed by atoms with Crippen molar-refractivity contribution in [2.45, 2.75) is 25.8 Å². The number of methoxy groups -OCH3 is 2. The van der Waals surface area contributed by atoms with E-state index in [4.69, 9.17) is 9.47 Å². The Morgan fingerprint density at radius 3 is 2.46 bits per heavy atom. The Labute approximate surface area is 143 Å². The summed E-state index contributed by atoms with van der Waals surface area (Å²) < 4.78 is 10.8. The molecule has 130 valence electrons. The van der Waals surface area contributed by atoms with Crippen molar-refractivity contribution in [2.75, 3.05) is 39.3 Å². The molecule has 1 saturated heterocycles. The van der Waals surface area contributed by atoms with Crippen molar-refractivity contribution in [1.29, 1.82) is 0 Å². The van der Waals surface area contributed by atoms with Gasteiger partial charge in [0.15, 0.2) is 17.3 Å². The van der Waals surface area contributed by atoms with Crippen molar-refractivity contribution in [2.24, 2.45) is 5.92 Å². The van der Waals surface area contributed by atoms with E-state index in [-0.39, 0.29) is 0 Å². The second-order valence-corrected chi connectivity index (χ2v) is 6.36. The van der Waals surface area contributed by atoms with Gasteiger partial charge in [0.05, 0.1) is 20.4 Å². The Morgan fingerprint density at radius 1 is 1.17 bits per heavy atom. The van der Waals surface area contributed by atoms with E-state index in [2.05, 4.69) is 27.3 Å². The average Bonchev–Trinajstić information content (AvgIpc) is 2.65. The number of hydrogen-bond acceptors (Lipinski definition) is 6. The Balaban J connectivity index is 1.90. The lowest BCUT2D eigenvalue weighted by molar-refractivity contribution is 0.323. The van der Waals surface area contributed by atoms with Crippen molar-refractivity contribution in [1.82, 2.24) is 15.5 Å². The van der Waals surface area contributed by atoms with Crippen molar-refractivity contribution < 1.29 is 9.47 Å². The van der Waals surface area contributed by atoms with E-state index >= 15 is 0 Å². The number of anilines is 1. The van der Waals surface area contributed by atoms with Crippen molar-refractivity contribution in [3.63, 3.8) is 0 Å². The first kappa shape index (κ1) is 16.8. The summed E-state index contributed by atoms with van der Waals surface area (Å²) in [5.74, 6) is 3.08. The first-order valence-corrected chi connectivity index (χ1v) is 8.47. The summed E-state index contributed by atoms with van der Waals surface area (Å²) in [6.07, 6.45) is 4.09. The summed E-state index contributed by atoms with van der Waals surface area (Å²) in [5, 5.41) is 14.0. The summed E-state index contributed by atoms with van der Waals surface area (Å²) in [6, 6.07) is 4.51. The van der Waals surface area contributed by atoms with Crippen LogP contribution >= 0.6 is 0 Å². The standard InChI is InChI=1S/C18H26N4O2/c1-12(19-2)13-5-7-22(8-6-13)18-15-10-17(24-4)16(23-3)9-14(15)11-20-21-18/h9-13,19H,5-8H2,1-4H3. The molecule has 0 saturated carbocycles. The van der Waals surface area contributed by atoms with E-state index in [1.165, 1.54) is 0 Å². The van der Waals surface area contributed by atoms with Gasteiger partial charge in [-0.15, -0.1) is 5.10 Å². The zero-order valence-corrected chi connectivity index (χ0v) is 14.9. The third-order valence-corrected chi connectivity index (χ3v) is 5.15. The fourth-order valence-corrected chi connectivity index (χ4v) is 3.48. The molecule has 0 bridgehead atoms. The predicted molar refractivity (Wildman–Crippen MR) is 96.1 cm³/mol. The Bertz CT molecular complexity index is 699. The van der Waals surface area contributed by atoms with Gasteiger partial charge in [-0.3, -0.25) is 0 Å². The summed E-state index contributed by atoms with van der Waals surface area (Å²) in [5.41, 5.74) is 0.